The van der Waals surface area contributed by atoms with Gasteiger partial charge in [-0.25, -0.2) is 0 Å². The lowest BCUT2D eigenvalue weighted by Gasteiger charge is -2.26. The molecule has 3 heterocycles. The SMILES string of the molecule is C=C/C=C\C=C.C[C@H]1CN(C=O)C2(CC2)C1.O=C1CCCC(=O)N2CCC[C@@H]2C1. The Morgan fingerprint density at radius 3 is 2.31 bits per heavy atom. The molecule has 3 aliphatic heterocycles. The molecule has 160 valence electrons. The smallest absolute Gasteiger partial charge is 0.222 e. The van der Waals surface area contributed by atoms with Gasteiger partial charge in [-0.1, -0.05) is 44.4 Å². The van der Waals surface area contributed by atoms with Crippen molar-refractivity contribution in [2.75, 3.05) is 13.1 Å². The number of ketones is 1. The molecule has 4 rings (SSSR count). The average Bonchev–Trinajstić information content (AvgIpc) is 3.18. The van der Waals surface area contributed by atoms with Gasteiger partial charge in [0.25, 0.3) is 0 Å². The first-order chi connectivity index (χ1) is 14.0. The summed E-state index contributed by atoms with van der Waals surface area (Å²) < 4.78 is 0. The maximum Gasteiger partial charge on any atom is 0.222 e. The zero-order valence-electron chi connectivity index (χ0n) is 17.9. The van der Waals surface area contributed by atoms with Gasteiger partial charge in [0.15, 0.2) is 0 Å². The lowest BCUT2D eigenvalue weighted by molar-refractivity contribution is -0.134. The van der Waals surface area contributed by atoms with Crippen LogP contribution in [-0.2, 0) is 14.4 Å². The van der Waals surface area contributed by atoms with E-state index in [4.69, 9.17) is 0 Å². The maximum atomic E-state index is 11.6. The summed E-state index contributed by atoms with van der Waals surface area (Å²) >= 11 is 0. The highest BCUT2D eigenvalue weighted by Gasteiger charge is 2.52. The molecule has 0 aromatic heterocycles. The fourth-order valence-electron chi connectivity index (χ4n) is 4.63. The second-order valence-electron chi connectivity index (χ2n) is 8.63. The summed E-state index contributed by atoms with van der Waals surface area (Å²) in [4.78, 5) is 37.4. The second kappa shape index (κ2) is 11.1. The van der Waals surface area contributed by atoms with Crippen LogP contribution in [0.15, 0.2) is 37.5 Å². The van der Waals surface area contributed by atoms with Gasteiger partial charge in [-0.3, -0.25) is 14.4 Å². The van der Waals surface area contributed by atoms with Gasteiger partial charge in [-0.05, 0) is 44.4 Å². The van der Waals surface area contributed by atoms with Gasteiger partial charge in [-0.15, -0.1) is 0 Å². The number of allylic oxidation sites excluding steroid dienone is 4. The zero-order valence-corrected chi connectivity index (χ0v) is 17.9. The number of likely N-dealkylation sites (tertiary alicyclic amines) is 1. The third-order valence-electron chi connectivity index (χ3n) is 6.19. The summed E-state index contributed by atoms with van der Waals surface area (Å²) in [6.07, 6.45) is 16.5. The number of hydrogen-bond donors (Lipinski definition) is 0. The van der Waals surface area contributed by atoms with Crippen LogP contribution in [0.5, 0.6) is 0 Å². The molecule has 0 aromatic carbocycles. The molecule has 0 N–H and O–H groups in total. The number of nitrogens with zero attached hydrogens (tertiary/aromatic N) is 2. The van der Waals surface area contributed by atoms with Gasteiger partial charge < -0.3 is 9.80 Å². The van der Waals surface area contributed by atoms with Crippen LogP contribution in [0.3, 0.4) is 0 Å². The van der Waals surface area contributed by atoms with Crippen LogP contribution < -0.4 is 0 Å². The topological polar surface area (TPSA) is 57.7 Å². The first-order valence-electron chi connectivity index (χ1n) is 10.9. The molecule has 2 amide bonds. The molecule has 5 heteroatoms. The average molecular weight is 401 g/mol. The lowest BCUT2D eigenvalue weighted by atomic mass is 10.0. The standard InChI is InChI=1S/C10H15NO2.C8H13NO.C6H8/c12-9-4-1-5-10(13)11-6-2-3-8(11)7-9;1-7-4-8(2-3-8)9(5-7)6-10;1-3-5-6-4-2/h8H,1-7H2;6-7H,2-5H2,1H3;3-6H,1-2H2/b;;6-5-/t8-;7-;/m11./s1. The molecule has 4 fully saturated rings. The van der Waals surface area contributed by atoms with Crippen molar-refractivity contribution in [1.82, 2.24) is 9.80 Å². The number of carbonyl (C=O) groups excluding carboxylic acids is 3. The summed E-state index contributed by atoms with van der Waals surface area (Å²) in [5.41, 5.74) is 0.348. The first-order valence-corrected chi connectivity index (χ1v) is 10.9. The number of rotatable bonds is 3. The van der Waals surface area contributed by atoms with Gasteiger partial charge in [0.05, 0.1) is 0 Å². The molecule has 0 aromatic rings. The van der Waals surface area contributed by atoms with E-state index in [1.807, 2.05) is 22.0 Å². The Bertz CT molecular complexity index is 626. The van der Waals surface area contributed by atoms with E-state index in [1.165, 1.54) is 19.3 Å². The van der Waals surface area contributed by atoms with Gasteiger partial charge >= 0.3 is 0 Å². The van der Waals surface area contributed by atoms with E-state index in [-0.39, 0.29) is 11.9 Å². The molecule has 1 saturated carbocycles. The van der Waals surface area contributed by atoms with Gasteiger partial charge in [0.2, 0.25) is 12.3 Å². The molecule has 0 unspecified atom stereocenters. The highest BCUT2D eigenvalue weighted by Crippen LogP contribution is 2.50. The first kappa shape index (κ1) is 23.1. The van der Waals surface area contributed by atoms with Gasteiger partial charge in [0.1, 0.15) is 5.78 Å². The van der Waals surface area contributed by atoms with Crippen LogP contribution in [0.2, 0.25) is 0 Å². The molecule has 5 nitrogen and oxygen atoms in total. The third-order valence-corrected chi connectivity index (χ3v) is 6.19. The summed E-state index contributed by atoms with van der Waals surface area (Å²) in [6.45, 7) is 11.0. The molecule has 0 bridgehead atoms. The number of hydrogen-bond acceptors (Lipinski definition) is 3. The van der Waals surface area contributed by atoms with E-state index in [0.717, 1.165) is 44.7 Å². The summed E-state index contributed by atoms with van der Waals surface area (Å²) in [7, 11) is 0. The largest absolute Gasteiger partial charge is 0.339 e. The Hall–Kier alpha value is -2.17. The van der Waals surface area contributed by atoms with E-state index in [2.05, 4.69) is 20.1 Å². The van der Waals surface area contributed by atoms with Crippen molar-refractivity contribution in [1.29, 1.82) is 0 Å². The van der Waals surface area contributed by atoms with Crippen molar-refractivity contribution >= 4 is 18.1 Å². The minimum Gasteiger partial charge on any atom is -0.339 e. The van der Waals surface area contributed by atoms with E-state index in [0.29, 0.717) is 30.6 Å². The minimum absolute atomic E-state index is 0.236. The lowest BCUT2D eigenvalue weighted by Crippen LogP contribution is -2.38. The van der Waals surface area contributed by atoms with Crippen molar-refractivity contribution in [3.05, 3.63) is 37.5 Å². The summed E-state index contributed by atoms with van der Waals surface area (Å²) in [5, 5.41) is 0. The Labute approximate surface area is 175 Å². The highest BCUT2D eigenvalue weighted by molar-refractivity contribution is 5.83. The van der Waals surface area contributed by atoms with E-state index in [1.54, 1.807) is 12.2 Å². The predicted molar refractivity (Wildman–Crippen MR) is 116 cm³/mol. The maximum absolute atomic E-state index is 11.6. The quantitative estimate of drug-likeness (QED) is 0.530. The molecule has 0 radical (unpaired) electrons. The molecular weight excluding hydrogens is 364 g/mol. The molecule has 2 atom stereocenters. The Morgan fingerprint density at radius 1 is 1.07 bits per heavy atom. The normalized spacial score (nSPS) is 27.2. The van der Waals surface area contributed by atoms with Crippen LogP contribution in [0.4, 0.5) is 0 Å². The predicted octanol–water partition coefficient (Wildman–Crippen LogP) is 4.05. The Balaban J connectivity index is 0.000000167. The van der Waals surface area contributed by atoms with Gasteiger partial charge in [0, 0.05) is 43.9 Å². The van der Waals surface area contributed by atoms with Crippen LogP contribution in [0, 0.1) is 5.92 Å². The van der Waals surface area contributed by atoms with E-state index in [9.17, 15) is 14.4 Å². The minimum atomic E-state index is 0.236. The number of amides is 2. The van der Waals surface area contributed by atoms with Crippen molar-refractivity contribution in [2.45, 2.75) is 76.3 Å². The summed E-state index contributed by atoms with van der Waals surface area (Å²) in [6, 6.07) is 0.236. The third kappa shape index (κ3) is 6.69. The highest BCUT2D eigenvalue weighted by atomic mass is 16.2. The van der Waals surface area contributed by atoms with Gasteiger partial charge in [-0.2, -0.15) is 0 Å². The fraction of sp³-hybridized carbons (Fsp3) is 0.625. The molecule has 3 saturated heterocycles. The molecular formula is C24H36N2O3. The second-order valence-corrected chi connectivity index (χ2v) is 8.63. The zero-order chi connectivity index (χ0) is 21.3. The van der Waals surface area contributed by atoms with Crippen molar-refractivity contribution in [2.24, 2.45) is 5.92 Å². The van der Waals surface area contributed by atoms with E-state index < -0.39 is 0 Å². The molecule has 1 spiro atoms. The number of fused-ring (bicyclic) bond motifs is 1. The van der Waals surface area contributed by atoms with Crippen LogP contribution >= 0.6 is 0 Å². The van der Waals surface area contributed by atoms with Crippen molar-refractivity contribution in [3.8, 4) is 0 Å². The monoisotopic (exact) mass is 400 g/mol. The Kier molecular flexibility index (Phi) is 8.87. The number of carbonyl (C=O) groups is 3. The van der Waals surface area contributed by atoms with Crippen LogP contribution in [0.25, 0.3) is 0 Å². The molecule has 29 heavy (non-hydrogen) atoms. The Morgan fingerprint density at radius 2 is 1.76 bits per heavy atom. The van der Waals surface area contributed by atoms with Crippen LogP contribution in [-0.4, -0.2) is 52.6 Å². The molecule has 1 aliphatic carbocycles. The summed E-state index contributed by atoms with van der Waals surface area (Å²) in [5.74, 6) is 1.33. The van der Waals surface area contributed by atoms with Crippen molar-refractivity contribution in [3.63, 3.8) is 0 Å². The van der Waals surface area contributed by atoms with Crippen molar-refractivity contribution < 1.29 is 14.4 Å². The van der Waals surface area contributed by atoms with E-state index >= 15 is 0 Å². The molecule has 4 aliphatic rings. The number of Topliss-reactive ketones (excluding diaryl/α,β-unsaturated/α-hetero) is 1. The van der Waals surface area contributed by atoms with Crippen LogP contribution in [0.1, 0.15) is 64.7 Å². The fourth-order valence-corrected chi connectivity index (χ4v) is 4.63.